The molecular formula is C17H30N2O3. The highest BCUT2D eigenvalue weighted by Crippen LogP contribution is 2.24. The third-order valence-electron chi connectivity index (χ3n) is 4.95. The van der Waals surface area contributed by atoms with E-state index in [0.29, 0.717) is 13.2 Å². The standard InChI is InChI=1S/C17H30N2O3/c1-3-4-9-18(2)16(20)14-5-10-19(11-6-14)17(21)15-7-12-22-13-8-15/h14-15H,3-13H2,1-2H3. The van der Waals surface area contributed by atoms with E-state index in [0.717, 1.165) is 58.2 Å². The van der Waals surface area contributed by atoms with Crippen LogP contribution in [-0.2, 0) is 14.3 Å². The first kappa shape index (κ1) is 17.3. The molecule has 2 aliphatic heterocycles. The summed E-state index contributed by atoms with van der Waals surface area (Å²) in [6, 6.07) is 0. The lowest BCUT2D eigenvalue weighted by Crippen LogP contribution is -2.46. The summed E-state index contributed by atoms with van der Waals surface area (Å²) in [4.78, 5) is 28.7. The Kier molecular flexibility index (Phi) is 6.68. The number of ether oxygens (including phenoxy) is 1. The SMILES string of the molecule is CCCCN(C)C(=O)C1CCN(C(=O)C2CCOCC2)CC1. The van der Waals surface area contributed by atoms with Gasteiger partial charge in [-0.2, -0.15) is 0 Å². The van der Waals surface area contributed by atoms with Crippen LogP contribution in [0.4, 0.5) is 0 Å². The van der Waals surface area contributed by atoms with Gasteiger partial charge in [-0.1, -0.05) is 13.3 Å². The van der Waals surface area contributed by atoms with E-state index in [1.54, 1.807) is 0 Å². The summed E-state index contributed by atoms with van der Waals surface area (Å²) >= 11 is 0. The Hall–Kier alpha value is -1.10. The Bertz CT molecular complexity index is 372. The van der Waals surface area contributed by atoms with Gasteiger partial charge in [-0.3, -0.25) is 9.59 Å². The molecule has 2 fully saturated rings. The normalized spacial score (nSPS) is 20.9. The maximum atomic E-state index is 12.5. The molecule has 22 heavy (non-hydrogen) atoms. The number of unbranched alkanes of at least 4 members (excludes halogenated alkanes) is 1. The van der Waals surface area contributed by atoms with Crippen molar-refractivity contribution in [3.8, 4) is 0 Å². The zero-order valence-corrected chi connectivity index (χ0v) is 14.1. The summed E-state index contributed by atoms with van der Waals surface area (Å²) in [6.07, 6.45) is 5.47. The molecule has 0 unspecified atom stereocenters. The van der Waals surface area contributed by atoms with Crippen LogP contribution >= 0.6 is 0 Å². The highest BCUT2D eigenvalue weighted by atomic mass is 16.5. The summed E-state index contributed by atoms with van der Waals surface area (Å²) in [6.45, 7) is 5.85. The molecule has 126 valence electrons. The number of likely N-dealkylation sites (tertiary alicyclic amines) is 1. The highest BCUT2D eigenvalue weighted by Gasteiger charge is 2.32. The molecule has 0 bridgehead atoms. The molecule has 2 aliphatic rings. The molecule has 2 saturated heterocycles. The number of rotatable bonds is 5. The zero-order valence-electron chi connectivity index (χ0n) is 14.1. The van der Waals surface area contributed by atoms with Crippen LogP contribution in [0.25, 0.3) is 0 Å². The van der Waals surface area contributed by atoms with Crippen LogP contribution in [0.3, 0.4) is 0 Å². The number of carbonyl (C=O) groups is 2. The van der Waals surface area contributed by atoms with Gasteiger partial charge in [0.2, 0.25) is 11.8 Å². The van der Waals surface area contributed by atoms with Crippen molar-refractivity contribution < 1.29 is 14.3 Å². The first-order chi connectivity index (χ1) is 10.6. The van der Waals surface area contributed by atoms with E-state index in [1.165, 1.54) is 0 Å². The fraction of sp³-hybridized carbons (Fsp3) is 0.882. The van der Waals surface area contributed by atoms with Gasteiger partial charge in [0.15, 0.2) is 0 Å². The van der Waals surface area contributed by atoms with Gasteiger partial charge in [-0.15, -0.1) is 0 Å². The van der Waals surface area contributed by atoms with Crippen LogP contribution in [0.2, 0.25) is 0 Å². The van der Waals surface area contributed by atoms with E-state index >= 15 is 0 Å². The Labute approximate surface area is 134 Å². The summed E-state index contributed by atoms with van der Waals surface area (Å²) in [5, 5.41) is 0. The predicted molar refractivity (Wildman–Crippen MR) is 85.4 cm³/mol. The Morgan fingerprint density at radius 3 is 2.32 bits per heavy atom. The number of hydrogen-bond acceptors (Lipinski definition) is 3. The van der Waals surface area contributed by atoms with Crippen molar-refractivity contribution in [2.45, 2.75) is 45.4 Å². The Balaban J connectivity index is 1.77. The van der Waals surface area contributed by atoms with Crippen molar-refractivity contribution in [1.82, 2.24) is 9.80 Å². The molecule has 2 heterocycles. The lowest BCUT2D eigenvalue weighted by molar-refractivity contribution is -0.143. The first-order valence-electron chi connectivity index (χ1n) is 8.75. The van der Waals surface area contributed by atoms with Crippen molar-refractivity contribution >= 4 is 11.8 Å². The third kappa shape index (κ3) is 4.45. The van der Waals surface area contributed by atoms with Gasteiger partial charge in [-0.25, -0.2) is 0 Å². The number of piperidine rings is 1. The van der Waals surface area contributed by atoms with Gasteiger partial charge in [0.1, 0.15) is 0 Å². The molecule has 0 N–H and O–H groups in total. The monoisotopic (exact) mass is 310 g/mol. The Morgan fingerprint density at radius 2 is 1.73 bits per heavy atom. The van der Waals surface area contributed by atoms with E-state index in [4.69, 9.17) is 4.74 Å². The van der Waals surface area contributed by atoms with E-state index < -0.39 is 0 Å². The molecule has 0 saturated carbocycles. The molecule has 0 aromatic carbocycles. The molecule has 5 nitrogen and oxygen atoms in total. The summed E-state index contributed by atoms with van der Waals surface area (Å²) < 4.78 is 5.32. The molecule has 0 aliphatic carbocycles. The Morgan fingerprint density at radius 1 is 1.09 bits per heavy atom. The maximum absolute atomic E-state index is 12.5. The second kappa shape index (κ2) is 8.51. The number of amides is 2. The number of carbonyl (C=O) groups excluding carboxylic acids is 2. The summed E-state index contributed by atoms with van der Waals surface area (Å²) in [5.74, 6) is 0.758. The van der Waals surface area contributed by atoms with Crippen LogP contribution in [0.1, 0.15) is 45.4 Å². The second-order valence-electron chi connectivity index (χ2n) is 6.60. The quantitative estimate of drug-likeness (QED) is 0.779. The lowest BCUT2D eigenvalue weighted by atomic mass is 9.92. The van der Waals surface area contributed by atoms with Crippen LogP contribution in [0.5, 0.6) is 0 Å². The molecule has 0 aromatic rings. The molecule has 0 aromatic heterocycles. The van der Waals surface area contributed by atoms with Crippen molar-refractivity contribution in [2.75, 3.05) is 39.9 Å². The van der Waals surface area contributed by atoms with E-state index in [-0.39, 0.29) is 23.7 Å². The molecule has 0 atom stereocenters. The minimum atomic E-state index is 0.0978. The van der Waals surface area contributed by atoms with Crippen LogP contribution < -0.4 is 0 Å². The van der Waals surface area contributed by atoms with Crippen LogP contribution in [0.15, 0.2) is 0 Å². The van der Waals surface area contributed by atoms with Crippen molar-refractivity contribution in [3.63, 3.8) is 0 Å². The molecule has 5 heteroatoms. The fourth-order valence-electron chi connectivity index (χ4n) is 3.37. The van der Waals surface area contributed by atoms with Gasteiger partial charge < -0.3 is 14.5 Å². The van der Waals surface area contributed by atoms with Gasteiger partial charge in [-0.05, 0) is 32.1 Å². The molecule has 0 spiro atoms. The minimum Gasteiger partial charge on any atom is -0.381 e. The molecule has 2 amide bonds. The minimum absolute atomic E-state index is 0.0978. The predicted octanol–water partition coefficient (Wildman–Crippen LogP) is 1.91. The van der Waals surface area contributed by atoms with E-state index in [9.17, 15) is 9.59 Å². The van der Waals surface area contributed by atoms with E-state index in [1.807, 2.05) is 16.8 Å². The third-order valence-corrected chi connectivity index (χ3v) is 4.95. The van der Waals surface area contributed by atoms with Crippen molar-refractivity contribution in [1.29, 1.82) is 0 Å². The van der Waals surface area contributed by atoms with Crippen molar-refractivity contribution in [2.24, 2.45) is 11.8 Å². The topological polar surface area (TPSA) is 49.9 Å². The summed E-state index contributed by atoms with van der Waals surface area (Å²) in [7, 11) is 1.90. The molecule has 2 rings (SSSR count). The van der Waals surface area contributed by atoms with Gasteiger partial charge in [0, 0.05) is 51.7 Å². The smallest absolute Gasteiger partial charge is 0.225 e. The van der Waals surface area contributed by atoms with Crippen LogP contribution in [0, 0.1) is 11.8 Å². The van der Waals surface area contributed by atoms with E-state index in [2.05, 4.69) is 6.92 Å². The van der Waals surface area contributed by atoms with Crippen molar-refractivity contribution in [3.05, 3.63) is 0 Å². The average Bonchev–Trinajstić information content (AvgIpc) is 2.59. The molecular weight excluding hydrogens is 280 g/mol. The van der Waals surface area contributed by atoms with Gasteiger partial charge in [0.05, 0.1) is 0 Å². The average molecular weight is 310 g/mol. The largest absolute Gasteiger partial charge is 0.381 e. The summed E-state index contributed by atoms with van der Waals surface area (Å²) in [5.41, 5.74) is 0. The first-order valence-corrected chi connectivity index (χ1v) is 8.75. The van der Waals surface area contributed by atoms with Gasteiger partial charge in [0.25, 0.3) is 0 Å². The molecule has 0 radical (unpaired) electrons. The zero-order chi connectivity index (χ0) is 15.9. The fourth-order valence-corrected chi connectivity index (χ4v) is 3.37. The maximum Gasteiger partial charge on any atom is 0.225 e. The van der Waals surface area contributed by atoms with Gasteiger partial charge >= 0.3 is 0 Å². The highest BCUT2D eigenvalue weighted by molar-refractivity contribution is 5.81. The lowest BCUT2D eigenvalue weighted by Gasteiger charge is -2.35. The van der Waals surface area contributed by atoms with Crippen LogP contribution in [-0.4, -0.2) is 61.5 Å². The number of nitrogens with zero attached hydrogens (tertiary/aromatic N) is 2. The second-order valence-corrected chi connectivity index (χ2v) is 6.60. The number of hydrogen-bond donors (Lipinski definition) is 0.